The first-order chi connectivity index (χ1) is 22.3. The van der Waals surface area contributed by atoms with Gasteiger partial charge in [0.2, 0.25) is 5.91 Å². The largest absolute Gasteiger partial charge is 0.480 e. The Labute approximate surface area is 279 Å². The molecule has 2 heterocycles. The van der Waals surface area contributed by atoms with E-state index in [2.05, 4.69) is 48.3 Å². The fourth-order valence-corrected chi connectivity index (χ4v) is 5.82. The summed E-state index contributed by atoms with van der Waals surface area (Å²) in [5, 5.41) is 14.6. The normalized spacial score (nSPS) is 12.6. The number of nitrogens with one attached hydrogen (secondary N) is 2. The van der Waals surface area contributed by atoms with E-state index in [0.29, 0.717) is 22.7 Å². The van der Waals surface area contributed by atoms with Crippen molar-refractivity contribution in [2.24, 2.45) is 0 Å². The Morgan fingerprint density at radius 3 is 2.04 bits per heavy atom. The number of aromatic nitrogens is 2. The average Bonchev–Trinajstić information content (AvgIpc) is 3.57. The zero-order valence-corrected chi connectivity index (χ0v) is 28.3. The summed E-state index contributed by atoms with van der Waals surface area (Å²) in [5.74, 6) is -1.48. The Bertz CT molecular complexity index is 1690. The molecule has 0 fully saturated rings. The molecule has 246 valence electrons. The number of ketones is 1. The maximum Gasteiger partial charge on any atom is 0.325 e. The van der Waals surface area contributed by atoms with Crippen molar-refractivity contribution in [3.63, 3.8) is 0 Å². The lowest BCUT2D eigenvalue weighted by Crippen LogP contribution is -2.51. The summed E-state index contributed by atoms with van der Waals surface area (Å²) in [4.78, 5) is 60.6. The zero-order chi connectivity index (χ0) is 34.1. The van der Waals surface area contributed by atoms with Crippen LogP contribution in [0.25, 0.3) is 22.5 Å². The van der Waals surface area contributed by atoms with Gasteiger partial charge in [-0.2, -0.15) is 0 Å². The van der Waals surface area contributed by atoms with Gasteiger partial charge in [0, 0.05) is 46.8 Å². The number of hydrogen-bond donors (Lipinski definition) is 3. The number of aliphatic carboxylic acids is 1. The molecule has 0 aliphatic carbocycles. The van der Waals surface area contributed by atoms with Crippen LogP contribution in [-0.4, -0.2) is 50.7 Å². The van der Waals surface area contributed by atoms with E-state index in [0.717, 1.165) is 46.4 Å². The number of carbonyl (C=O) groups is 4. The van der Waals surface area contributed by atoms with Gasteiger partial charge in [-0.25, -0.2) is 9.97 Å². The van der Waals surface area contributed by atoms with Gasteiger partial charge in [0.15, 0.2) is 11.6 Å². The van der Waals surface area contributed by atoms with Gasteiger partial charge in [0.25, 0.3) is 5.91 Å². The molecule has 0 saturated carbocycles. The van der Waals surface area contributed by atoms with Crippen LogP contribution in [0.2, 0.25) is 0 Å². The lowest BCUT2D eigenvalue weighted by Gasteiger charge is -2.20. The van der Waals surface area contributed by atoms with Crippen molar-refractivity contribution in [2.75, 3.05) is 0 Å². The summed E-state index contributed by atoms with van der Waals surface area (Å²) in [6.07, 6.45) is 7.22. The minimum absolute atomic E-state index is 0.122. The smallest absolute Gasteiger partial charge is 0.325 e. The third kappa shape index (κ3) is 9.65. The summed E-state index contributed by atoms with van der Waals surface area (Å²) in [6, 6.07) is 16.4. The van der Waals surface area contributed by atoms with E-state index in [1.165, 1.54) is 18.3 Å². The summed E-state index contributed by atoms with van der Waals surface area (Å²) in [7, 11) is 0. The molecule has 0 radical (unpaired) electrons. The molecule has 0 saturated heterocycles. The first-order valence-electron chi connectivity index (χ1n) is 15.8. The molecular formula is C37H42N4O5S. The zero-order valence-electron chi connectivity index (χ0n) is 27.5. The minimum Gasteiger partial charge on any atom is -0.480 e. The lowest BCUT2D eigenvalue weighted by molar-refractivity contribution is -0.141. The first-order valence-corrected chi connectivity index (χ1v) is 16.7. The van der Waals surface area contributed by atoms with Crippen LogP contribution in [0, 0.1) is 0 Å². The molecule has 2 aromatic heterocycles. The van der Waals surface area contributed by atoms with Crippen molar-refractivity contribution in [1.82, 2.24) is 20.6 Å². The predicted octanol–water partition coefficient (Wildman–Crippen LogP) is 6.86. The van der Waals surface area contributed by atoms with Crippen molar-refractivity contribution in [2.45, 2.75) is 84.2 Å². The summed E-state index contributed by atoms with van der Waals surface area (Å²) in [6.45, 7) is 9.68. The molecule has 9 nitrogen and oxygen atoms in total. The Kier molecular flexibility index (Phi) is 11.8. The van der Waals surface area contributed by atoms with Crippen molar-refractivity contribution in [3.05, 3.63) is 93.9 Å². The summed E-state index contributed by atoms with van der Waals surface area (Å²) >= 11 is 1.37. The van der Waals surface area contributed by atoms with Crippen molar-refractivity contribution in [1.29, 1.82) is 0 Å². The van der Waals surface area contributed by atoms with Gasteiger partial charge >= 0.3 is 5.97 Å². The van der Waals surface area contributed by atoms with Crippen molar-refractivity contribution in [3.8, 4) is 22.5 Å². The summed E-state index contributed by atoms with van der Waals surface area (Å²) < 4.78 is 0. The highest BCUT2D eigenvalue weighted by Gasteiger charge is 2.26. The molecule has 4 aromatic rings. The minimum atomic E-state index is -1.17. The first kappa shape index (κ1) is 35.2. The van der Waals surface area contributed by atoms with Crippen molar-refractivity contribution < 1.29 is 24.3 Å². The maximum absolute atomic E-state index is 13.1. The van der Waals surface area contributed by atoms with E-state index in [-0.39, 0.29) is 17.6 Å². The third-order valence-corrected chi connectivity index (χ3v) is 9.28. The quantitative estimate of drug-likeness (QED) is 0.0997. The fraction of sp³-hybridized carbons (Fsp3) is 0.351. The highest BCUT2D eigenvalue weighted by atomic mass is 32.1. The standard InChI is InChI=1S/C37H42N4O5S/c1-6-7-8-9-30(42)26-16-14-25(15-17-26)28-21-38-33(39-22-28)27-12-10-24(11-13-27)20-29(34(43)40-23(2)36(45)46)41-35(44)31-18-19-32(47-31)37(3,4)5/h10-19,21-23,29H,6-9,20H2,1-5H3,(H,40,43)(H,41,44)(H,45,46)/t23-,29+/m1/s1. The molecule has 2 aromatic carbocycles. The number of rotatable bonds is 14. The monoisotopic (exact) mass is 654 g/mol. The second-order valence-electron chi connectivity index (χ2n) is 12.7. The van der Waals surface area contributed by atoms with Gasteiger partial charge in [-0.15, -0.1) is 11.3 Å². The maximum atomic E-state index is 13.1. The topological polar surface area (TPSA) is 138 Å². The van der Waals surface area contributed by atoms with Gasteiger partial charge < -0.3 is 15.7 Å². The Hall–Kier alpha value is -4.70. The lowest BCUT2D eigenvalue weighted by atomic mass is 9.95. The van der Waals surface area contributed by atoms with Crippen molar-refractivity contribution >= 4 is 34.9 Å². The van der Waals surface area contributed by atoms with Crippen LogP contribution in [-0.2, 0) is 21.4 Å². The van der Waals surface area contributed by atoms with Gasteiger partial charge in [-0.1, -0.05) is 89.1 Å². The molecule has 0 bridgehead atoms. The second kappa shape index (κ2) is 15.7. The number of Topliss-reactive ketones (excluding diaryl/α,β-unsaturated/α-hetero) is 1. The Morgan fingerprint density at radius 1 is 0.830 bits per heavy atom. The number of benzene rings is 2. The number of amides is 2. The number of carbonyl (C=O) groups excluding carboxylic acids is 3. The Balaban J connectivity index is 1.45. The summed E-state index contributed by atoms with van der Waals surface area (Å²) in [5.41, 5.74) is 3.86. The van der Waals surface area contributed by atoms with Crippen LogP contribution >= 0.6 is 11.3 Å². The molecule has 10 heteroatoms. The number of carboxylic acids is 1. The fourth-order valence-electron chi connectivity index (χ4n) is 4.86. The molecule has 4 rings (SSSR count). The molecule has 0 unspecified atom stereocenters. The van der Waals surface area contributed by atoms with E-state index in [1.807, 2.05) is 54.6 Å². The van der Waals surface area contributed by atoms with Gasteiger partial charge in [-0.3, -0.25) is 19.2 Å². The third-order valence-electron chi connectivity index (χ3n) is 7.77. The van der Waals surface area contributed by atoms with Crippen LogP contribution in [0.4, 0.5) is 0 Å². The molecule has 3 N–H and O–H groups in total. The van der Waals surface area contributed by atoms with E-state index in [1.54, 1.807) is 18.5 Å². The van der Waals surface area contributed by atoms with Crippen LogP contribution in [0.5, 0.6) is 0 Å². The number of thiophene rings is 1. The van der Waals surface area contributed by atoms with E-state index >= 15 is 0 Å². The van der Waals surface area contributed by atoms with E-state index < -0.39 is 29.9 Å². The molecule has 0 spiro atoms. The number of carboxylic acid groups (broad SMARTS) is 1. The highest BCUT2D eigenvalue weighted by Crippen LogP contribution is 2.29. The molecule has 0 aliphatic rings. The molecule has 2 amide bonds. The van der Waals surface area contributed by atoms with Gasteiger partial charge in [0.1, 0.15) is 12.1 Å². The molecule has 2 atom stereocenters. The van der Waals surface area contributed by atoms with Crippen LogP contribution in [0.15, 0.2) is 73.1 Å². The van der Waals surface area contributed by atoms with Gasteiger partial charge in [-0.05, 0) is 42.0 Å². The Morgan fingerprint density at radius 2 is 1.47 bits per heavy atom. The number of hydrogen-bond acceptors (Lipinski definition) is 7. The van der Waals surface area contributed by atoms with Crippen LogP contribution in [0.1, 0.15) is 90.8 Å². The van der Waals surface area contributed by atoms with E-state index in [9.17, 15) is 24.3 Å². The predicted molar refractivity (Wildman–Crippen MR) is 185 cm³/mol. The highest BCUT2D eigenvalue weighted by molar-refractivity contribution is 7.14. The average molecular weight is 655 g/mol. The molecule has 47 heavy (non-hydrogen) atoms. The SMILES string of the molecule is CCCCCC(=O)c1ccc(-c2cnc(-c3ccc(C[C@H](NC(=O)c4ccc(C(C)(C)C)s4)C(=O)N[C@H](C)C(=O)O)cc3)nc2)cc1. The van der Waals surface area contributed by atoms with Gasteiger partial charge in [0.05, 0.1) is 4.88 Å². The second-order valence-corrected chi connectivity index (χ2v) is 13.7. The van der Waals surface area contributed by atoms with Crippen LogP contribution in [0.3, 0.4) is 0 Å². The number of unbranched alkanes of at least 4 members (excludes halogenated alkanes) is 2. The van der Waals surface area contributed by atoms with E-state index in [4.69, 9.17) is 0 Å². The molecular weight excluding hydrogens is 612 g/mol. The number of nitrogens with zero attached hydrogens (tertiary/aromatic N) is 2. The van der Waals surface area contributed by atoms with Crippen LogP contribution < -0.4 is 10.6 Å². The molecule has 0 aliphatic heterocycles.